The fraction of sp³-hybridized carbons (Fsp3) is 0.458. The maximum Gasteiger partial charge on any atom is 0.220 e. The van der Waals surface area contributed by atoms with Crippen molar-refractivity contribution in [1.29, 1.82) is 0 Å². The first kappa shape index (κ1) is 22.0. The molecule has 0 saturated carbocycles. The van der Waals surface area contributed by atoms with Crippen molar-refractivity contribution in [2.24, 2.45) is 0 Å². The second-order valence-electron chi connectivity index (χ2n) is 7.67. The zero-order valence-electron chi connectivity index (χ0n) is 18.2. The smallest absolute Gasteiger partial charge is 0.220 e. The fourth-order valence-corrected chi connectivity index (χ4v) is 4.20. The Balaban J connectivity index is 1.60. The van der Waals surface area contributed by atoms with Crippen LogP contribution in [0.15, 0.2) is 42.5 Å². The van der Waals surface area contributed by atoms with Gasteiger partial charge in [-0.2, -0.15) is 0 Å². The molecule has 3 rings (SSSR count). The number of benzene rings is 2. The minimum absolute atomic E-state index is 0.0586. The van der Waals surface area contributed by atoms with Gasteiger partial charge in [0, 0.05) is 24.8 Å². The molecule has 0 aliphatic carbocycles. The van der Waals surface area contributed by atoms with Crippen LogP contribution in [0.2, 0.25) is 0 Å². The van der Waals surface area contributed by atoms with Crippen LogP contribution in [0.4, 0.5) is 0 Å². The fourth-order valence-electron chi connectivity index (χ4n) is 4.20. The molecule has 1 aliphatic heterocycles. The van der Waals surface area contributed by atoms with Crippen molar-refractivity contribution in [3.63, 3.8) is 0 Å². The predicted octanol–water partition coefficient (Wildman–Crippen LogP) is 2.18. The van der Waals surface area contributed by atoms with Gasteiger partial charge in [-0.05, 0) is 24.1 Å². The minimum atomic E-state index is 0.0586. The van der Waals surface area contributed by atoms with E-state index in [4.69, 9.17) is 14.2 Å². The number of nitrogens with one attached hydrogen (secondary N) is 2. The number of methoxy groups -OCH3 is 3. The van der Waals surface area contributed by atoms with E-state index in [0.717, 1.165) is 5.56 Å². The third kappa shape index (κ3) is 5.45. The average molecular weight is 414 g/mol. The van der Waals surface area contributed by atoms with Gasteiger partial charge in [0.25, 0.3) is 0 Å². The summed E-state index contributed by atoms with van der Waals surface area (Å²) in [5, 5.41) is 3.16. The highest BCUT2D eigenvalue weighted by molar-refractivity contribution is 5.76. The van der Waals surface area contributed by atoms with E-state index >= 15 is 0 Å². The normalized spacial score (nSPS) is 14.9. The van der Waals surface area contributed by atoms with Crippen molar-refractivity contribution < 1.29 is 23.9 Å². The molecule has 0 spiro atoms. The molecule has 1 aliphatic rings. The first-order valence-corrected chi connectivity index (χ1v) is 10.6. The van der Waals surface area contributed by atoms with E-state index < -0.39 is 0 Å². The number of likely N-dealkylation sites (tertiary alicyclic amines) is 1. The van der Waals surface area contributed by atoms with Crippen LogP contribution in [0.3, 0.4) is 0 Å². The lowest BCUT2D eigenvalue weighted by Gasteiger charge is -2.25. The molecule has 0 radical (unpaired) electrons. The lowest BCUT2D eigenvalue weighted by Crippen LogP contribution is -3.11. The SMILES string of the molecule is COc1cc(CCC(=O)NC[C@H](c2ccccc2)[NH+]2CCCC2)cc(OC)c1OC. The van der Waals surface area contributed by atoms with Crippen molar-refractivity contribution in [1.82, 2.24) is 5.32 Å². The molecule has 1 amide bonds. The summed E-state index contributed by atoms with van der Waals surface area (Å²) in [5.41, 5.74) is 2.27. The molecule has 162 valence electrons. The molecule has 30 heavy (non-hydrogen) atoms. The van der Waals surface area contributed by atoms with Gasteiger partial charge < -0.3 is 24.4 Å². The van der Waals surface area contributed by atoms with Gasteiger partial charge in [-0.1, -0.05) is 30.3 Å². The zero-order chi connectivity index (χ0) is 21.3. The van der Waals surface area contributed by atoms with Crippen molar-refractivity contribution in [3.05, 3.63) is 53.6 Å². The maximum atomic E-state index is 12.6. The third-order valence-electron chi connectivity index (χ3n) is 5.81. The van der Waals surface area contributed by atoms with Gasteiger partial charge >= 0.3 is 0 Å². The Bertz CT molecular complexity index is 794. The van der Waals surface area contributed by atoms with E-state index in [-0.39, 0.29) is 5.91 Å². The van der Waals surface area contributed by atoms with E-state index in [2.05, 4.69) is 29.6 Å². The largest absolute Gasteiger partial charge is 0.493 e. The molecule has 2 N–H and O–H groups in total. The molecule has 0 aromatic heterocycles. The summed E-state index contributed by atoms with van der Waals surface area (Å²) in [5.74, 6) is 1.83. The number of quaternary nitrogens is 1. The van der Waals surface area contributed by atoms with Crippen LogP contribution >= 0.6 is 0 Å². The molecule has 1 heterocycles. The third-order valence-corrected chi connectivity index (χ3v) is 5.81. The van der Waals surface area contributed by atoms with Crippen LogP contribution in [-0.4, -0.2) is 46.9 Å². The summed E-state index contributed by atoms with van der Waals surface area (Å²) < 4.78 is 16.2. The number of ether oxygens (including phenoxy) is 3. The summed E-state index contributed by atoms with van der Waals surface area (Å²) in [6.07, 6.45) is 3.53. The minimum Gasteiger partial charge on any atom is -0.493 e. The molecule has 1 saturated heterocycles. The van der Waals surface area contributed by atoms with E-state index in [1.807, 2.05) is 18.2 Å². The first-order chi connectivity index (χ1) is 14.7. The standard InChI is InChI=1S/C24H32N2O4/c1-28-21-15-18(16-22(29-2)24(21)30-3)11-12-23(27)25-17-20(26-13-7-8-14-26)19-9-5-4-6-10-19/h4-6,9-10,15-16,20H,7-8,11-14,17H2,1-3H3,(H,25,27)/p+1/t20-/m1/s1. The number of carbonyl (C=O) groups is 1. The molecule has 0 unspecified atom stereocenters. The molecule has 6 heteroatoms. The first-order valence-electron chi connectivity index (χ1n) is 10.6. The van der Waals surface area contributed by atoms with E-state index in [1.165, 1.54) is 31.5 Å². The van der Waals surface area contributed by atoms with Gasteiger partial charge in [-0.15, -0.1) is 0 Å². The molecule has 1 fully saturated rings. The second-order valence-corrected chi connectivity index (χ2v) is 7.67. The monoisotopic (exact) mass is 413 g/mol. The van der Waals surface area contributed by atoms with Crippen molar-refractivity contribution >= 4 is 5.91 Å². The second kappa shape index (κ2) is 10.9. The van der Waals surface area contributed by atoms with Crippen molar-refractivity contribution in [3.8, 4) is 17.2 Å². The molecule has 6 nitrogen and oxygen atoms in total. The highest BCUT2D eigenvalue weighted by atomic mass is 16.5. The number of aryl methyl sites for hydroxylation is 1. The number of hydrogen-bond acceptors (Lipinski definition) is 4. The number of amides is 1. The van der Waals surface area contributed by atoms with Gasteiger partial charge in [0.15, 0.2) is 11.5 Å². The number of rotatable bonds is 10. The van der Waals surface area contributed by atoms with Gasteiger partial charge in [-0.25, -0.2) is 0 Å². The van der Waals surface area contributed by atoms with Crippen LogP contribution < -0.4 is 24.4 Å². The Morgan fingerprint density at radius 1 is 1.00 bits per heavy atom. The van der Waals surface area contributed by atoms with Crippen LogP contribution in [0.25, 0.3) is 0 Å². The number of carbonyl (C=O) groups excluding carboxylic acids is 1. The van der Waals surface area contributed by atoms with E-state index in [9.17, 15) is 4.79 Å². The highest BCUT2D eigenvalue weighted by Crippen LogP contribution is 2.38. The Labute approximate surface area is 179 Å². The van der Waals surface area contributed by atoms with Crippen LogP contribution in [0.5, 0.6) is 17.2 Å². The van der Waals surface area contributed by atoms with E-state index in [0.29, 0.717) is 42.7 Å². The molecule has 0 bridgehead atoms. The summed E-state index contributed by atoms with van der Waals surface area (Å²) in [4.78, 5) is 14.2. The topological polar surface area (TPSA) is 61.2 Å². The predicted molar refractivity (Wildman–Crippen MR) is 117 cm³/mol. The summed E-state index contributed by atoms with van der Waals surface area (Å²) in [6, 6.07) is 14.6. The highest BCUT2D eigenvalue weighted by Gasteiger charge is 2.27. The summed E-state index contributed by atoms with van der Waals surface area (Å²) in [7, 11) is 4.77. The van der Waals surface area contributed by atoms with Crippen LogP contribution in [-0.2, 0) is 11.2 Å². The Morgan fingerprint density at radius 2 is 1.63 bits per heavy atom. The van der Waals surface area contributed by atoms with Gasteiger partial charge in [0.1, 0.15) is 6.04 Å². The Hall–Kier alpha value is -2.73. The molecule has 1 atom stereocenters. The van der Waals surface area contributed by atoms with Gasteiger partial charge in [0.05, 0.1) is 41.0 Å². The van der Waals surface area contributed by atoms with E-state index in [1.54, 1.807) is 26.2 Å². The molecular weight excluding hydrogens is 380 g/mol. The molecular formula is C24H33N2O4+. The van der Waals surface area contributed by atoms with Crippen molar-refractivity contribution in [2.45, 2.75) is 31.7 Å². The van der Waals surface area contributed by atoms with Gasteiger partial charge in [0.2, 0.25) is 11.7 Å². The lowest BCUT2D eigenvalue weighted by atomic mass is 10.0. The zero-order valence-corrected chi connectivity index (χ0v) is 18.2. The molecule has 2 aromatic rings. The Kier molecular flexibility index (Phi) is 7.97. The lowest BCUT2D eigenvalue weighted by molar-refractivity contribution is -0.918. The number of hydrogen-bond donors (Lipinski definition) is 2. The average Bonchev–Trinajstić information content (AvgIpc) is 3.32. The van der Waals surface area contributed by atoms with Crippen LogP contribution in [0.1, 0.15) is 36.4 Å². The quantitative estimate of drug-likeness (QED) is 0.627. The van der Waals surface area contributed by atoms with Crippen LogP contribution in [0, 0.1) is 0 Å². The molecule has 2 aromatic carbocycles. The summed E-state index contributed by atoms with van der Waals surface area (Å²) >= 11 is 0. The maximum absolute atomic E-state index is 12.6. The van der Waals surface area contributed by atoms with Gasteiger partial charge in [-0.3, -0.25) is 4.79 Å². The Morgan fingerprint density at radius 3 is 2.20 bits per heavy atom. The summed E-state index contributed by atoms with van der Waals surface area (Å²) in [6.45, 7) is 3.00. The van der Waals surface area contributed by atoms with Crippen molar-refractivity contribution in [2.75, 3.05) is 41.0 Å².